The number of hydrogen-bond donors (Lipinski definition) is 0. The highest BCUT2D eigenvalue weighted by Crippen LogP contribution is 2.39. The van der Waals surface area contributed by atoms with Crippen molar-refractivity contribution >= 4 is 43.6 Å². The maximum absolute atomic E-state index is 5.19. The van der Waals surface area contributed by atoms with Crippen molar-refractivity contribution in [2.24, 2.45) is 0 Å². The van der Waals surface area contributed by atoms with Crippen molar-refractivity contribution in [3.8, 4) is 56.4 Å². The molecule has 3 aromatic heterocycles. The Morgan fingerprint density at radius 2 is 0.833 bits per heavy atom. The summed E-state index contributed by atoms with van der Waals surface area (Å²) in [5, 5.41) is 5.01. The monoisotopic (exact) mass is 770 g/mol. The molecule has 0 amide bonds. The van der Waals surface area contributed by atoms with Crippen LogP contribution in [-0.2, 0) is 0 Å². The van der Waals surface area contributed by atoms with E-state index in [-0.39, 0.29) is 0 Å². The van der Waals surface area contributed by atoms with Crippen LogP contribution in [0, 0.1) is 27.7 Å². The molecule has 0 aliphatic rings. The molecule has 286 valence electrons. The van der Waals surface area contributed by atoms with Crippen molar-refractivity contribution in [1.29, 1.82) is 0 Å². The largest absolute Gasteiger partial charge is 0.309 e. The van der Waals surface area contributed by atoms with E-state index in [1.54, 1.807) is 0 Å². The minimum Gasteiger partial charge on any atom is -0.309 e. The number of fused-ring (bicyclic) bond motifs is 6. The fraction of sp³-hybridized carbons (Fsp3) is 0.0714. The van der Waals surface area contributed by atoms with Gasteiger partial charge in [0.1, 0.15) is 0 Å². The van der Waals surface area contributed by atoms with Crippen LogP contribution in [0.3, 0.4) is 0 Å². The molecule has 0 spiro atoms. The molecule has 0 aliphatic carbocycles. The van der Waals surface area contributed by atoms with Crippen LogP contribution >= 0.6 is 0 Å². The fourth-order valence-electron chi connectivity index (χ4n) is 9.22. The summed E-state index contributed by atoms with van der Waals surface area (Å²) in [6.07, 6.45) is 0. The second-order valence-corrected chi connectivity index (χ2v) is 16.2. The predicted molar refractivity (Wildman–Crippen MR) is 251 cm³/mol. The minimum atomic E-state index is 0.734. The molecule has 0 fully saturated rings. The summed E-state index contributed by atoms with van der Waals surface area (Å²) in [5.74, 6) is 0.734. The second-order valence-electron chi connectivity index (χ2n) is 16.2. The van der Waals surface area contributed by atoms with E-state index in [4.69, 9.17) is 9.97 Å². The van der Waals surface area contributed by atoms with E-state index in [9.17, 15) is 0 Å². The van der Waals surface area contributed by atoms with E-state index >= 15 is 0 Å². The normalized spacial score (nSPS) is 11.7. The van der Waals surface area contributed by atoms with E-state index < -0.39 is 0 Å². The Kier molecular flexibility index (Phi) is 8.35. The number of benzene rings is 8. The number of para-hydroxylation sites is 3. The van der Waals surface area contributed by atoms with E-state index in [2.05, 4.69) is 219 Å². The van der Waals surface area contributed by atoms with Gasteiger partial charge in [0.25, 0.3) is 0 Å². The number of rotatable bonds is 6. The summed E-state index contributed by atoms with van der Waals surface area (Å²) in [5.41, 5.74) is 19.3. The molecule has 60 heavy (non-hydrogen) atoms. The van der Waals surface area contributed by atoms with Crippen LogP contribution in [0.15, 0.2) is 182 Å². The van der Waals surface area contributed by atoms with Crippen molar-refractivity contribution in [1.82, 2.24) is 19.1 Å². The van der Waals surface area contributed by atoms with Gasteiger partial charge in [-0.2, -0.15) is 0 Å². The zero-order chi connectivity index (χ0) is 40.5. The number of aromatic nitrogens is 4. The van der Waals surface area contributed by atoms with Crippen LogP contribution in [0.1, 0.15) is 22.3 Å². The molecule has 11 aromatic rings. The number of hydrogen-bond acceptors (Lipinski definition) is 2. The Morgan fingerprint density at radius 1 is 0.333 bits per heavy atom. The number of nitrogens with zero attached hydrogens (tertiary/aromatic N) is 4. The van der Waals surface area contributed by atoms with Crippen molar-refractivity contribution in [3.05, 3.63) is 204 Å². The van der Waals surface area contributed by atoms with Crippen LogP contribution in [0.4, 0.5) is 0 Å². The molecule has 11 rings (SSSR count). The van der Waals surface area contributed by atoms with Crippen molar-refractivity contribution in [3.63, 3.8) is 0 Å². The lowest BCUT2D eigenvalue weighted by atomic mass is 9.93. The lowest BCUT2D eigenvalue weighted by Crippen LogP contribution is -1.98. The van der Waals surface area contributed by atoms with Gasteiger partial charge in [0, 0.05) is 49.6 Å². The van der Waals surface area contributed by atoms with Crippen molar-refractivity contribution in [2.75, 3.05) is 0 Å². The number of aryl methyl sites for hydroxylation is 4. The molecule has 0 aliphatic heterocycles. The third-order valence-electron chi connectivity index (χ3n) is 12.1. The Bertz CT molecular complexity index is 3360. The molecule has 0 radical (unpaired) electrons. The van der Waals surface area contributed by atoms with Crippen molar-refractivity contribution < 1.29 is 0 Å². The van der Waals surface area contributed by atoms with Gasteiger partial charge >= 0.3 is 0 Å². The summed E-state index contributed by atoms with van der Waals surface area (Å²) >= 11 is 0. The maximum Gasteiger partial charge on any atom is 0.160 e. The zero-order valence-electron chi connectivity index (χ0n) is 34.1. The average molecular weight is 771 g/mol. The van der Waals surface area contributed by atoms with Gasteiger partial charge in [-0.1, -0.05) is 120 Å². The van der Waals surface area contributed by atoms with Crippen LogP contribution in [0.2, 0.25) is 0 Å². The van der Waals surface area contributed by atoms with Gasteiger partial charge in [0.05, 0.1) is 33.5 Å². The van der Waals surface area contributed by atoms with E-state index in [1.807, 2.05) is 0 Å². The highest BCUT2D eigenvalue weighted by molar-refractivity contribution is 6.12. The second kappa shape index (κ2) is 14.1. The Labute approximate surface area is 349 Å². The third kappa shape index (κ3) is 5.91. The first-order valence-electron chi connectivity index (χ1n) is 20.7. The third-order valence-corrected chi connectivity index (χ3v) is 12.1. The van der Waals surface area contributed by atoms with Gasteiger partial charge in [-0.15, -0.1) is 0 Å². The lowest BCUT2D eigenvalue weighted by molar-refractivity contribution is 1.16. The Morgan fingerprint density at radius 3 is 1.48 bits per heavy atom. The van der Waals surface area contributed by atoms with Crippen LogP contribution in [0.25, 0.3) is 100 Å². The van der Waals surface area contributed by atoms with Gasteiger partial charge < -0.3 is 9.13 Å². The maximum atomic E-state index is 5.19. The first-order valence-corrected chi connectivity index (χ1v) is 20.7. The summed E-state index contributed by atoms with van der Waals surface area (Å²) in [6, 6.07) is 65.9. The first kappa shape index (κ1) is 35.6. The Balaban J connectivity index is 0.982. The van der Waals surface area contributed by atoms with Gasteiger partial charge in [0.2, 0.25) is 0 Å². The molecule has 0 bridgehead atoms. The topological polar surface area (TPSA) is 35.6 Å². The van der Waals surface area contributed by atoms with Crippen LogP contribution in [-0.4, -0.2) is 19.1 Å². The molecule has 0 N–H and O–H groups in total. The molecule has 4 heteroatoms. The molecule has 8 aromatic carbocycles. The van der Waals surface area contributed by atoms with E-state index in [1.165, 1.54) is 77.0 Å². The quantitative estimate of drug-likeness (QED) is 0.169. The molecular formula is C56H42N4. The highest BCUT2D eigenvalue weighted by atomic mass is 15.0. The van der Waals surface area contributed by atoms with Gasteiger partial charge in [-0.05, 0) is 123 Å². The molecule has 0 atom stereocenters. The average Bonchev–Trinajstić information content (AvgIpc) is 3.79. The molecule has 3 heterocycles. The summed E-state index contributed by atoms with van der Waals surface area (Å²) in [7, 11) is 0. The summed E-state index contributed by atoms with van der Waals surface area (Å²) in [6.45, 7) is 8.63. The molecule has 0 unspecified atom stereocenters. The van der Waals surface area contributed by atoms with Crippen LogP contribution < -0.4 is 0 Å². The summed E-state index contributed by atoms with van der Waals surface area (Å²) < 4.78 is 4.80. The summed E-state index contributed by atoms with van der Waals surface area (Å²) in [4.78, 5) is 10.3. The van der Waals surface area contributed by atoms with Gasteiger partial charge in [-0.3, -0.25) is 0 Å². The fourth-order valence-corrected chi connectivity index (χ4v) is 9.22. The minimum absolute atomic E-state index is 0.734. The lowest BCUT2D eigenvalue weighted by Gasteiger charge is -2.15. The highest BCUT2D eigenvalue weighted by Gasteiger charge is 2.18. The Hall–Kier alpha value is -7.56. The van der Waals surface area contributed by atoms with Gasteiger partial charge in [-0.25, -0.2) is 9.97 Å². The molecular weight excluding hydrogens is 729 g/mol. The standard InChI is InChI=1S/C56H42N4/c1-35-13-11-15-40(29-35)50-34-51(58-56(57-50)41-16-12-14-36(2)30-41)48-32-37(3)47(31-38(48)4)39-23-25-42(26-24-39)59-54-22-10-7-19-46(54)49-33-43(27-28-55(49)59)60-52-20-8-5-17-44(52)45-18-6-9-21-53(45)60/h5-34H,1-4H3. The molecule has 0 saturated carbocycles. The zero-order valence-corrected chi connectivity index (χ0v) is 34.1. The van der Waals surface area contributed by atoms with E-state index in [0.29, 0.717) is 0 Å². The smallest absolute Gasteiger partial charge is 0.160 e. The predicted octanol–water partition coefficient (Wildman–Crippen LogP) is 14.6. The van der Waals surface area contributed by atoms with Crippen molar-refractivity contribution in [2.45, 2.75) is 27.7 Å². The van der Waals surface area contributed by atoms with E-state index in [0.717, 1.165) is 45.3 Å². The van der Waals surface area contributed by atoms with Crippen LogP contribution in [0.5, 0.6) is 0 Å². The SMILES string of the molecule is Cc1cccc(-c2cc(-c3cc(C)c(-c4ccc(-n5c6ccccc6c6cc(-n7c8ccccc8c8ccccc87)ccc65)cc4)cc3C)nc(-c3cccc(C)c3)n2)c1. The first-order chi connectivity index (χ1) is 29.4. The molecule has 4 nitrogen and oxygen atoms in total. The van der Waals surface area contributed by atoms with Gasteiger partial charge in [0.15, 0.2) is 5.82 Å². The molecule has 0 saturated heterocycles.